The van der Waals surface area contributed by atoms with Crippen molar-refractivity contribution in [2.75, 3.05) is 24.5 Å². The van der Waals surface area contributed by atoms with Gasteiger partial charge < -0.3 is 19.9 Å². The van der Waals surface area contributed by atoms with Crippen LogP contribution in [0.5, 0.6) is 0 Å². The molecule has 2 aromatic carbocycles. The number of H-pyrrole nitrogens is 1. The Balaban J connectivity index is 1.42. The average Bonchev–Trinajstić information content (AvgIpc) is 3.39. The number of nitrogens with one attached hydrogen (secondary N) is 2. The number of aryl methyl sites for hydroxylation is 1. The van der Waals surface area contributed by atoms with Crippen LogP contribution in [0, 0.1) is 5.82 Å². The fourth-order valence-electron chi connectivity index (χ4n) is 4.55. The molecule has 0 radical (unpaired) electrons. The van der Waals surface area contributed by atoms with Crippen LogP contribution in [0.3, 0.4) is 0 Å². The van der Waals surface area contributed by atoms with E-state index in [1.165, 1.54) is 12.1 Å². The van der Waals surface area contributed by atoms with E-state index in [0.717, 1.165) is 30.0 Å². The third-order valence-corrected chi connectivity index (χ3v) is 6.18. The molecule has 2 N–H and O–H groups in total. The second-order valence-electron chi connectivity index (χ2n) is 9.16. The highest BCUT2D eigenvalue weighted by molar-refractivity contribution is 5.97. The molecule has 1 aliphatic rings. The number of anilines is 1. The van der Waals surface area contributed by atoms with Gasteiger partial charge in [-0.3, -0.25) is 4.79 Å². The number of imidazole rings is 1. The van der Waals surface area contributed by atoms with Crippen LogP contribution in [0.25, 0.3) is 22.3 Å². The van der Waals surface area contributed by atoms with Crippen LogP contribution < -0.4 is 10.2 Å². The number of nitrogens with zero attached hydrogens (tertiary/aromatic N) is 4. The minimum Gasteiger partial charge on any atom is -0.372 e. The lowest BCUT2D eigenvalue weighted by Crippen LogP contribution is -2.46. The molecule has 1 amide bonds. The Kier molecular flexibility index (Phi) is 6.90. The fourth-order valence-corrected chi connectivity index (χ4v) is 4.55. The normalized spacial score (nSPS) is 17.9. The molecule has 2 unspecified atom stereocenters. The van der Waals surface area contributed by atoms with Gasteiger partial charge in [0.25, 0.3) is 5.91 Å². The lowest BCUT2D eigenvalue weighted by atomic mass is 10.1. The number of benzene rings is 2. The van der Waals surface area contributed by atoms with Gasteiger partial charge >= 0.3 is 0 Å². The van der Waals surface area contributed by atoms with Gasteiger partial charge in [-0.05, 0) is 62.7 Å². The van der Waals surface area contributed by atoms with Crippen LogP contribution in [-0.4, -0.2) is 57.7 Å². The fraction of sp³-hybridized carbons (Fsp3) is 0.333. The summed E-state index contributed by atoms with van der Waals surface area (Å²) in [5, 5.41) is 2.96. The summed E-state index contributed by atoms with van der Waals surface area (Å²) in [7, 11) is 0. The maximum atomic E-state index is 13.6. The molecule has 36 heavy (non-hydrogen) atoms. The second-order valence-corrected chi connectivity index (χ2v) is 9.16. The summed E-state index contributed by atoms with van der Waals surface area (Å²) in [4.78, 5) is 32.1. The van der Waals surface area contributed by atoms with Crippen molar-refractivity contribution in [3.05, 3.63) is 72.1 Å². The summed E-state index contributed by atoms with van der Waals surface area (Å²) in [6.45, 7) is 5.97. The van der Waals surface area contributed by atoms with E-state index in [1.54, 1.807) is 36.7 Å². The molecule has 5 rings (SSSR count). The highest BCUT2D eigenvalue weighted by atomic mass is 19.1. The molecule has 1 fully saturated rings. The summed E-state index contributed by atoms with van der Waals surface area (Å²) in [5.74, 6) is 1.15. The lowest BCUT2D eigenvalue weighted by molar-refractivity contribution is -0.00542. The van der Waals surface area contributed by atoms with Crippen molar-refractivity contribution in [2.24, 2.45) is 0 Å². The summed E-state index contributed by atoms with van der Waals surface area (Å²) in [6, 6.07) is 11.6. The van der Waals surface area contributed by atoms with Crippen molar-refractivity contribution in [2.45, 2.75) is 38.9 Å². The molecule has 0 bridgehead atoms. The van der Waals surface area contributed by atoms with Gasteiger partial charge in [-0.1, -0.05) is 0 Å². The van der Waals surface area contributed by atoms with Crippen molar-refractivity contribution in [3.8, 4) is 11.3 Å². The number of amides is 1. The minimum absolute atomic E-state index is 0.0474. The number of fused-ring (bicyclic) bond motifs is 1. The lowest BCUT2D eigenvalue weighted by Gasteiger charge is -2.36. The largest absolute Gasteiger partial charge is 0.372 e. The first-order valence-electron chi connectivity index (χ1n) is 12.2. The Bertz CT molecular complexity index is 1330. The molecule has 2 aromatic heterocycles. The van der Waals surface area contributed by atoms with Crippen molar-refractivity contribution in [1.29, 1.82) is 0 Å². The number of aromatic nitrogens is 4. The molecule has 0 saturated carbocycles. The van der Waals surface area contributed by atoms with E-state index in [4.69, 9.17) is 14.7 Å². The monoisotopic (exact) mass is 488 g/mol. The first-order chi connectivity index (χ1) is 17.5. The second kappa shape index (κ2) is 10.4. The number of hydrogen-bond donors (Lipinski definition) is 2. The molecule has 4 aromatic rings. The van der Waals surface area contributed by atoms with Crippen molar-refractivity contribution in [1.82, 2.24) is 25.3 Å². The highest BCUT2D eigenvalue weighted by Crippen LogP contribution is 2.32. The summed E-state index contributed by atoms with van der Waals surface area (Å²) in [6.07, 6.45) is 5.14. The average molecular weight is 489 g/mol. The smallest absolute Gasteiger partial charge is 0.251 e. The molecule has 186 valence electrons. The molecule has 0 aliphatic carbocycles. The van der Waals surface area contributed by atoms with Gasteiger partial charge in [0.15, 0.2) is 5.82 Å². The maximum absolute atomic E-state index is 13.6. The van der Waals surface area contributed by atoms with Crippen molar-refractivity contribution < 1.29 is 13.9 Å². The van der Waals surface area contributed by atoms with E-state index in [0.29, 0.717) is 41.9 Å². The Hall–Kier alpha value is -3.85. The van der Waals surface area contributed by atoms with E-state index in [9.17, 15) is 9.18 Å². The van der Waals surface area contributed by atoms with Crippen LogP contribution in [-0.2, 0) is 11.2 Å². The number of halogens is 1. The Morgan fingerprint density at radius 1 is 1.11 bits per heavy atom. The molecule has 2 atom stereocenters. The number of carbonyl (C=O) groups is 1. The van der Waals surface area contributed by atoms with Crippen molar-refractivity contribution in [3.63, 3.8) is 0 Å². The van der Waals surface area contributed by atoms with Crippen LogP contribution in [0.2, 0.25) is 0 Å². The molecule has 9 heteroatoms. The third kappa shape index (κ3) is 5.36. The first kappa shape index (κ1) is 23.9. The molecule has 1 saturated heterocycles. The summed E-state index contributed by atoms with van der Waals surface area (Å²) >= 11 is 0. The van der Waals surface area contributed by atoms with Gasteiger partial charge in [-0.15, -0.1) is 0 Å². The summed E-state index contributed by atoms with van der Waals surface area (Å²) < 4.78 is 19.6. The van der Waals surface area contributed by atoms with Crippen LogP contribution in [0.1, 0.15) is 36.5 Å². The van der Waals surface area contributed by atoms with E-state index in [2.05, 4.69) is 20.2 Å². The van der Waals surface area contributed by atoms with Crippen LogP contribution in [0.15, 0.2) is 54.9 Å². The van der Waals surface area contributed by atoms with Gasteiger partial charge in [0.2, 0.25) is 0 Å². The Labute approximate surface area is 208 Å². The number of ether oxygens (including phenoxy) is 1. The first-order valence-corrected chi connectivity index (χ1v) is 12.2. The zero-order valence-corrected chi connectivity index (χ0v) is 20.4. The molecule has 1 aliphatic heterocycles. The predicted octanol–water partition coefficient (Wildman–Crippen LogP) is 4.14. The van der Waals surface area contributed by atoms with Gasteiger partial charge in [0, 0.05) is 49.6 Å². The number of morpholine rings is 1. The van der Waals surface area contributed by atoms with Gasteiger partial charge in [0.05, 0.1) is 23.2 Å². The highest BCUT2D eigenvalue weighted by Gasteiger charge is 2.26. The Morgan fingerprint density at radius 2 is 1.89 bits per heavy atom. The van der Waals surface area contributed by atoms with Gasteiger partial charge in [0.1, 0.15) is 17.3 Å². The van der Waals surface area contributed by atoms with E-state index < -0.39 is 0 Å². The van der Waals surface area contributed by atoms with E-state index >= 15 is 0 Å². The number of rotatable bonds is 7. The molecule has 8 nitrogen and oxygen atoms in total. The molecule has 0 spiro atoms. The third-order valence-electron chi connectivity index (χ3n) is 6.18. The topological polar surface area (TPSA) is 96.0 Å². The number of aromatic amines is 1. The zero-order valence-electron chi connectivity index (χ0n) is 20.4. The number of carbonyl (C=O) groups excluding carboxylic acids is 1. The molecular weight excluding hydrogens is 459 g/mol. The summed E-state index contributed by atoms with van der Waals surface area (Å²) in [5.41, 5.74) is 3.23. The minimum atomic E-state index is -0.311. The maximum Gasteiger partial charge on any atom is 0.251 e. The standard InChI is InChI=1S/C27H29FN6O2/c1-17-15-34(16-18(2)36-17)26-25(19-5-8-21(28)9-6-19)32-23-14-20(7-10-22(23)33-26)27(35)31-11-3-4-24-29-12-13-30-24/h5-10,12-14,17-18H,3-4,11,15-16H2,1-2H3,(H,29,30)(H,31,35). The SMILES string of the molecule is CC1CN(c2nc3ccc(C(=O)NCCCc4ncc[nH]4)cc3nc2-c2ccc(F)cc2)CC(C)O1. The van der Waals surface area contributed by atoms with E-state index in [-0.39, 0.29) is 23.9 Å². The Morgan fingerprint density at radius 3 is 2.61 bits per heavy atom. The van der Waals surface area contributed by atoms with Crippen LogP contribution in [0.4, 0.5) is 10.2 Å². The van der Waals surface area contributed by atoms with Gasteiger partial charge in [-0.2, -0.15) is 0 Å². The van der Waals surface area contributed by atoms with E-state index in [1.807, 2.05) is 19.9 Å². The van der Waals surface area contributed by atoms with Crippen LogP contribution >= 0.6 is 0 Å². The number of hydrogen-bond acceptors (Lipinski definition) is 6. The molecular formula is C27H29FN6O2. The quantitative estimate of drug-likeness (QED) is 0.380. The zero-order chi connectivity index (χ0) is 25.1. The predicted molar refractivity (Wildman–Crippen MR) is 136 cm³/mol. The molecule has 3 heterocycles. The van der Waals surface area contributed by atoms with Crippen molar-refractivity contribution >= 4 is 22.8 Å². The van der Waals surface area contributed by atoms with Gasteiger partial charge in [-0.25, -0.2) is 19.3 Å².